The number of hydrogen-bond donors (Lipinski definition) is 1. The van der Waals surface area contributed by atoms with E-state index in [2.05, 4.69) is 15.6 Å². The first-order chi connectivity index (χ1) is 9.52. The van der Waals surface area contributed by atoms with Gasteiger partial charge in [-0.05, 0) is 25.1 Å². The highest BCUT2D eigenvalue weighted by Crippen LogP contribution is 2.29. The maximum atomic E-state index is 10.8. The molecule has 0 aliphatic heterocycles. The number of aromatic nitrogens is 3. The van der Waals surface area contributed by atoms with Crippen LogP contribution in [0.2, 0.25) is 5.02 Å². The summed E-state index contributed by atoms with van der Waals surface area (Å²) in [7, 11) is 0. The molecule has 1 N–H and O–H groups in total. The van der Waals surface area contributed by atoms with Gasteiger partial charge in [-0.3, -0.25) is 10.1 Å². The van der Waals surface area contributed by atoms with Crippen LogP contribution in [-0.4, -0.2) is 26.5 Å². The third kappa shape index (κ3) is 2.94. The van der Waals surface area contributed by atoms with E-state index >= 15 is 0 Å². The molecule has 1 aromatic heterocycles. The van der Waals surface area contributed by atoms with E-state index in [1.165, 1.54) is 12.1 Å². The SMILES string of the molecule is CCNCc1cn(-c2cc(Cl)c([N+](=O)[O-])cc2C)nn1. The van der Waals surface area contributed by atoms with Gasteiger partial charge < -0.3 is 5.32 Å². The smallest absolute Gasteiger partial charge is 0.288 e. The topological polar surface area (TPSA) is 85.9 Å². The van der Waals surface area contributed by atoms with Crippen molar-refractivity contribution in [3.8, 4) is 5.69 Å². The Hall–Kier alpha value is -1.99. The van der Waals surface area contributed by atoms with Crippen molar-refractivity contribution in [3.63, 3.8) is 0 Å². The second-order valence-corrected chi connectivity index (χ2v) is 4.69. The summed E-state index contributed by atoms with van der Waals surface area (Å²) < 4.78 is 1.57. The first-order valence-corrected chi connectivity index (χ1v) is 6.47. The number of nitro benzene ring substituents is 1. The summed E-state index contributed by atoms with van der Waals surface area (Å²) in [6.45, 7) is 5.24. The molecule has 0 saturated carbocycles. The molecule has 0 saturated heterocycles. The monoisotopic (exact) mass is 295 g/mol. The molecule has 1 heterocycles. The minimum absolute atomic E-state index is 0.0827. The summed E-state index contributed by atoms with van der Waals surface area (Å²) in [6, 6.07) is 2.96. The van der Waals surface area contributed by atoms with Gasteiger partial charge in [0.2, 0.25) is 0 Å². The lowest BCUT2D eigenvalue weighted by atomic mass is 10.2. The second-order valence-electron chi connectivity index (χ2n) is 4.28. The molecule has 0 unspecified atom stereocenters. The molecule has 7 nitrogen and oxygen atoms in total. The van der Waals surface area contributed by atoms with Crippen molar-refractivity contribution in [2.24, 2.45) is 0 Å². The Labute approximate surface area is 120 Å². The van der Waals surface area contributed by atoms with Gasteiger partial charge in [0.25, 0.3) is 5.69 Å². The van der Waals surface area contributed by atoms with Crippen LogP contribution in [-0.2, 0) is 6.54 Å². The van der Waals surface area contributed by atoms with Crippen LogP contribution in [0.1, 0.15) is 18.2 Å². The molecule has 0 spiro atoms. The van der Waals surface area contributed by atoms with E-state index in [1.54, 1.807) is 17.8 Å². The average Bonchev–Trinajstić information content (AvgIpc) is 2.86. The van der Waals surface area contributed by atoms with E-state index in [0.29, 0.717) is 17.8 Å². The molecular weight excluding hydrogens is 282 g/mol. The van der Waals surface area contributed by atoms with Gasteiger partial charge in [0.15, 0.2) is 0 Å². The van der Waals surface area contributed by atoms with Crippen molar-refractivity contribution >= 4 is 17.3 Å². The van der Waals surface area contributed by atoms with Crippen LogP contribution in [0.5, 0.6) is 0 Å². The van der Waals surface area contributed by atoms with E-state index in [9.17, 15) is 10.1 Å². The highest BCUT2D eigenvalue weighted by Gasteiger charge is 2.16. The third-order valence-corrected chi connectivity index (χ3v) is 3.11. The number of nitrogens with one attached hydrogen (secondary N) is 1. The molecule has 2 rings (SSSR count). The lowest BCUT2D eigenvalue weighted by Gasteiger charge is -2.06. The van der Waals surface area contributed by atoms with Crippen molar-refractivity contribution < 1.29 is 4.92 Å². The Morgan fingerprint density at radius 1 is 1.50 bits per heavy atom. The Bertz CT molecular complexity index is 641. The number of nitrogens with zero attached hydrogens (tertiary/aromatic N) is 4. The number of halogens is 1. The van der Waals surface area contributed by atoms with E-state index in [0.717, 1.165) is 12.2 Å². The first kappa shape index (κ1) is 14.4. The van der Waals surface area contributed by atoms with Gasteiger partial charge in [-0.15, -0.1) is 5.10 Å². The molecule has 0 aliphatic rings. The first-order valence-electron chi connectivity index (χ1n) is 6.09. The van der Waals surface area contributed by atoms with Crippen LogP contribution in [0.15, 0.2) is 18.3 Å². The molecule has 0 atom stereocenters. The lowest BCUT2D eigenvalue weighted by Crippen LogP contribution is -2.11. The van der Waals surface area contributed by atoms with Crippen molar-refractivity contribution in [1.82, 2.24) is 20.3 Å². The van der Waals surface area contributed by atoms with E-state index in [1.807, 2.05) is 6.92 Å². The molecular formula is C12H14ClN5O2. The van der Waals surface area contributed by atoms with Crippen LogP contribution < -0.4 is 5.32 Å². The Morgan fingerprint density at radius 2 is 2.25 bits per heavy atom. The lowest BCUT2D eigenvalue weighted by molar-refractivity contribution is -0.384. The number of benzene rings is 1. The summed E-state index contributed by atoms with van der Waals surface area (Å²) in [5.74, 6) is 0. The standard InChI is InChI=1S/C12H14ClN5O2/c1-3-14-6-9-7-17(16-15-9)11-5-10(13)12(18(19)20)4-8(11)2/h4-5,7,14H,3,6H2,1-2H3. The zero-order valence-corrected chi connectivity index (χ0v) is 11.9. The Kier molecular flexibility index (Phi) is 4.31. The third-order valence-electron chi connectivity index (χ3n) is 2.81. The summed E-state index contributed by atoms with van der Waals surface area (Å²) in [4.78, 5) is 10.3. The fourth-order valence-electron chi connectivity index (χ4n) is 1.79. The van der Waals surface area contributed by atoms with Crippen LogP contribution in [0.3, 0.4) is 0 Å². The predicted octanol–water partition coefficient (Wildman–Crippen LogP) is 2.25. The number of aryl methyl sites for hydroxylation is 1. The summed E-state index contributed by atoms with van der Waals surface area (Å²) in [6.07, 6.45) is 1.77. The van der Waals surface area contributed by atoms with Crippen molar-refractivity contribution in [3.05, 3.63) is 44.7 Å². The molecule has 0 amide bonds. The largest absolute Gasteiger partial charge is 0.311 e. The van der Waals surface area contributed by atoms with E-state index < -0.39 is 4.92 Å². The molecule has 0 radical (unpaired) electrons. The molecule has 0 bridgehead atoms. The quantitative estimate of drug-likeness (QED) is 0.675. The van der Waals surface area contributed by atoms with Crippen molar-refractivity contribution in [2.75, 3.05) is 6.54 Å². The Morgan fingerprint density at radius 3 is 2.90 bits per heavy atom. The zero-order valence-electron chi connectivity index (χ0n) is 11.1. The average molecular weight is 296 g/mol. The van der Waals surface area contributed by atoms with Crippen LogP contribution >= 0.6 is 11.6 Å². The van der Waals surface area contributed by atoms with Gasteiger partial charge in [0.05, 0.1) is 22.5 Å². The molecule has 0 fully saturated rings. The van der Waals surface area contributed by atoms with Gasteiger partial charge in [0.1, 0.15) is 5.02 Å². The Balaban J connectivity index is 2.35. The van der Waals surface area contributed by atoms with Gasteiger partial charge in [-0.25, -0.2) is 4.68 Å². The molecule has 20 heavy (non-hydrogen) atoms. The van der Waals surface area contributed by atoms with Crippen LogP contribution in [0.4, 0.5) is 5.69 Å². The van der Waals surface area contributed by atoms with E-state index in [-0.39, 0.29) is 10.7 Å². The normalized spacial score (nSPS) is 10.8. The minimum Gasteiger partial charge on any atom is -0.311 e. The predicted molar refractivity (Wildman–Crippen MR) is 75.1 cm³/mol. The van der Waals surface area contributed by atoms with Gasteiger partial charge in [0, 0.05) is 12.6 Å². The molecule has 8 heteroatoms. The fraction of sp³-hybridized carbons (Fsp3) is 0.333. The highest BCUT2D eigenvalue weighted by atomic mass is 35.5. The molecule has 0 aliphatic carbocycles. The second kappa shape index (κ2) is 5.98. The van der Waals surface area contributed by atoms with Gasteiger partial charge in [-0.1, -0.05) is 23.7 Å². The van der Waals surface area contributed by atoms with Crippen molar-refractivity contribution in [1.29, 1.82) is 0 Å². The van der Waals surface area contributed by atoms with Crippen LogP contribution in [0.25, 0.3) is 5.69 Å². The summed E-state index contributed by atoms with van der Waals surface area (Å²) in [5.41, 5.74) is 2.07. The molecule has 2 aromatic rings. The summed E-state index contributed by atoms with van der Waals surface area (Å²) in [5, 5.41) is 22.1. The van der Waals surface area contributed by atoms with Gasteiger partial charge in [-0.2, -0.15) is 0 Å². The van der Waals surface area contributed by atoms with Crippen molar-refractivity contribution in [2.45, 2.75) is 20.4 Å². The minimum atomic E-state index is -0.503. The number of rotatable bonds is 5. The highest BCUT2D eigenvalue weighted by molar-refractivity contribution is 6.32. The van der Waals surface area contributed by atoms with Gasteiger partial charge >= 0.3 is 0 Å². The van der Waals surface area contributed by atoms with E-state index in [4.69, 9.17) is 11.6 Å². The summed E-state index contributed by atoms with van der Waals surface area (Å²) >= 11 is 5.92. The zero-order chi connectivity index (χ0) is 14.7. The van der Waals surface area contributed by atoms with Crippen LogP contribution in [0, 0.1) is 17.0 Å². The fourth-order valence-corrected chi connectivity index (χ4v) is 2.02. The molecule has 106 valence electrons. The maximum absolute atomic E-state index is 10.8. The number of nitro groups is 1. The molecule has 1 aromatic carbocycles. The number of hydrogen-bond acceptors (Lipinski definition) is 5. The maximum Gasteiger partial charge on any atom is 0.288 e.